The van der Waals surface area contributed by atoms with Crippen LogP contribution in [0.2, 0.25) is 0 Å². The third-order valence-corrected chi connectivity index (χ3v) is 6.22. The largest absolute Gasteiger partial charge is 0.508 e. The van der Waals surface area contributed by atoms with E-state index in [1.807, 2.05) is 13.0 Å². The number of aliphatic hydroxyl groups is 1. The Morgan fingerprint density at radius 3 is 2.54 bits per heavy atom. The Balaban J connectivity index is 1.84. The lowest BCUT2D eigenvalue weighted by Crippen LogP contribution is -2.39. The van der Waals surface area contributed by atoms with Gasteiger partial charge in [0.2, 0.25) is 0 Å². The highest BCUT2D eigenvalue weighted by molar-refractivity contribution is 5.44. The number of phenols is 1. The molecule has 5 atom stereocenters. The molecular formula is C22H23F3O3. The summed E-state index contributed by atoms with van der Waals surface area (Å²) in [7, 11) is 0. The minimum atomic E-state index is -4.42. The molecule has 0 spiro atoms. The number of halogens is 3. The van der Waals surface area contributed by atoms with E-state index in [2.05, 4.69) is 0 Å². The molecule has 0 saturated carbocycles. The van der Waals surface area contributed by atoms with Gasteiger partial charge in [-0.05, 0) is 71.6 Å². The molecule has 2 aliphatic rings. The van der Waals surface area contributed by atoms with E-state index in [-0.39, 0.29) is 36.2 Å². The van der Waals surface area contributed by atoms with Gasteiger partial charge in [0.15, 0.2) is 0 Å². The molecule has 2 aromatic rings. The highest BCUT2D eigenvalue weighted by atomic mass is 19.4. The van der Waals surface area contributed by atoms with Crippen molar-refractivity contribution < 1.29 is 28.1 Å². The molecule has 4 rings (SSSR count). The van der Waals surface area contributed by atoms with Crippen molar-refractivity contribution in [3.05, 3.63) is 64.7 Å². The summed E-state index contributed by atoms with van der Waals surface area (Å²) >= 11 is 0. The second-order valence-corrected chi connectivity index (χ2v) is 7.85. The predicted molar refractivity (Wildman–Crippen MR) is 98.1 cm³/mol. The van der Waals surface area contributed by atoms with Gasteiger partial charge < -0.3 is 14.9 Å². The van der Waals surface area contributed by atoms with E-state index in [0.717, 1.165) is 23.6 Å². The Morgan fingerprint density at radius 1 is 1.07 bits per heavy atom. The Labute approximate surface area is 161 Å². The standard InChI is InChI=1S/C22H23F3O3/c1-12-17-7-5-14(22(23,24)25)10-19(17)21-18(8-6-16(11-26)28-21)20(12)13-3-2-4-15(27)9-13/h2-5,7,9-10,12,16,18,20-21,26-27H,6,8,11H2,1H3/t12?,16-,18+,20+,21+/m1/s1. The van der Waals surface area contributed by atoms with E-state index >= 15 is 0 Å². The second-order valence-electron chi connectivity index (χ2n) is 7.85. The van der Waals surface area contributed by atoms with Gasteiger partial charge in [0.05, 0.1) is 24.4 Å². The van der Waals surface area contributed by atoms with Gasteiger partial charge in [-0.25, -0.2) is 0 Å². The van der Waals surface area contributed by atoms with Crippen molar-refractivity contribution in [1.82, 2.24) is 0 Å². The Morgan fingerprint density at radius 2 is 1.86 bits per heavy atom. The molecule has 28 heavy (non-hydrogen) atoms. The lowest BCUT2D eigenvalue weighted by molar-refractivity contribution is -0.138. The average Bonchev–Trinajstić information content (AvgIpc) is 2.67. The van der Waals surface area contributed by atoms with Crippen LogP contribution >= 0.6 is 0 Å². The zero-order valence-electron chi connectivity index (χ0n) is 15.5. The minimum absolute atomic E-state index is 0.0148. The summed E-state index contributed by atoms with van der Waals surface area (Å²) in [6.07, 6.45) is -3.89. The van der Waals surface area contributed by atoms with Gasteiger partial charge in [-0.2, -0.15) is 13.2 Å². The molecule has 1 aliphatic carbocycles. The summed E-state index contributed by atoms with van der Waals surface area (Å²) in [6.45, 7) is 1.87. The van der Waals surface area contributed by atoms with Gasteiger partial charge in [0.25, 0.3) is 0 Å². The zero-order chi connectivity index (χ0) is 20.1. The SMILES string of the molecule is CC1c2ccc(C(F)(F)F)cc2[C@H]2O[C@@H](CO)CC[C@H]2[C@@H]1c1cccc(O)c1. The molecule has 0 radical (unpaired) electrons. The Hall–Kier alpha value is -2.05. The maximum atomic E-state index is 13.3. The third kappa shape index (κ3) is 3.29. The van der Waals surface area contributed by atoms with Crippen LogP contribution < -0.4 is 0 Å². The maximum absolute atomic E-state index is 13.3. The van der Waals surface area contributed by atoms with Crippen LogP contribution in [0.3, 0.4) is 0 Å². The summed E-state index contributed by atoms with van der Waals surface area (Å²) in [5.74, 6) is 0.149. The number of benzene rings is 2. The minimum Gasteiger partial charge on any atom is -0.508 e. The molecule has 1 aliphatic heterocycles. The third-order valence-electron chi connectivity index (χ3n) is 6.22. The monoisotopic (exact) mass is 392 g/mol. The van der Waals surface area contributed by atoms with Gasteiger partial charge in [0, 0.05) is 0 Å². The van der Waals surface area contributed by atoms with Gasteiger partial charge in [0.1, 0.15) is 5.75 Å². The fourth-order valence-electron chi connectivity index (χ4n) is 4.96. The molecule has 1 fully saturated rings. The van der Waals surface area contributed by atoms with E-state index in [0.29, 0.717) is 12.0 Å². The smallest absolute Gasteiger partial charge is 0.416 e. The highest BCUT2D eigenvalue weighted by Crippen LogP contribution is 2.56. The number of alkyl halides is 3. The Kier molecular flexibility index (Phi) is 4.88. The summed E-state index contributed by atoms with van der Waals surface area (Å²) in [4.78, 5) is 0. The molecule has 150 valence electrons. The first-order valence-corrected chi connectivity index (χ1v) is 9.56. The second kappa shape index (κ2) is 7.08. The summed E-state index contributed by atoms with van der Waals surface area (Å²) in [5.41, 5.74) is 1.69. The lowest BCUT2D eigenvalue weighted by Gasteiger charge is -2.47. The number of rotatable bonds is 2. The molecule has 6 heteroatoms. The Bertz CT molecular complexity index is 864. The molecule has 1 unspecified atom stereocenters. The molecule has 0 bridgehead atoms. The molecule has 1 saturated heterocycles. The van der Waals surface area contributed by atoms with Crippen molar-refractivity contribution in [2.45, 2.75) is 50.0 Å². The van der Waals surface area contributed by atoms with Crippen LogP contribution in [0.5, 0.6) is 5.75 Å². The molecule has 2 aromatic carbocycles. The first-order valence-electron chi connectivity index (χ1n) is 9.56. The number of phenolic OH excluding ortho intramolecular Hbond substituents is 1. The van der Waals surface area contributed by atoms with E-state index in [1.165, 1.54) is 6.07 Å². The van der Waals surface area contributed by atoms with Crippen molar-refractivity contribution in [1.29, 1.82) is 0 Å². The highest BCUT2D eigenvalue weighted by Gasteiger charge is 2.46. The number of aliphatic hydroxyl groups excluding tert-OH is 1. The van der Waals surface area contributed by atoms with Crippen LogP contribution in [0, 0.1) is 5.92 Å². The first kappa shape index (κ1) is 19.3. The fraction of sp³-hybridized carbons (Fsp3) is 0.455. The predicted octanol–water partition coefficient (Wildman–Crippen LogP) is 5.14. The van der Waals surface area contributed by atoms with Crippen molar-refractivity contribution in [3.63, 3.8) is 0 Å². The van der Waals surface area contributed by atoms with Crippen LogP contribution in [0.1, 0.15) is 60.0 Å². The normalized spacial score (nSPS) is 29.8. The molecule has 3 nitrogen and oxygen atoms in total. The first-order chi connectivity index (χ1) is 13.3. The van der Waals surface area contributed by atoms with Crippen LogP contribution in [0.4, 0.5) is 13.2 Å². The van der Waals surface area contributed by atoms with Gasteiger partial charge in [-0.1, -0.05) is 25.1 Å². The van der Waals surface area contributed by atoms with Crippen molar-refractivity contribution in [2.24, 2.45) is 5.92 Å². The van der Waals surface area contributed by atoms with Crippen LogP contribution in [0.25, 0.3) is 0 Å². The van der Waals surface area contributed by atoms with Crippen molar-refractivity contribution >= 4 is 0 Å². The van der Waals surface area contributed by atoms with Crippen LogP contribution in [0.15, 0.2) is 42.5 Å². The average molecular weight is 392 g/mol. The molecule has 0 aromatic heterocycles. The fourth-order valence-corrected chi connectivity index (χ4v) is 4.96. The molecule has 1 heterocycles. The van der Waals surface area contributed by atoms with E-state index in [1.54, 1.807) is 24.3 Å². The van der Waals surface area contributed by atoms with E-state index in [9.17, 15) is 23.4 Å². The van der Waals surface area contributed by atoms with E-state index < -0.39 is 17.8 Å². The lowest BCUT2D eigenvalue weighted by atomic mass is 9.63. The van der Waals surface area contributed by atoms with E-state index in [4.69, 9.17) is 4.74 Å². The van der Waals surface area contributed by atoms with Crippen molar-refractivity contribution in [2.75, 3.05) is 6.61 Å². The van der Waals surface area contributed by atoms with Crippen LogP contribution in [-0.4, -0.2) is 22.9 Å². The molecule has 2 N–H and O–H groups in total. The van der Waals surface area contributed by atoms with Gasteiger partial charge >= 0.3 is 6.18 Å². The number of hydrogen-bond acceptors (Lipinski definition) is 3. The zero-order valence-corrected chi connectivity index (χ0v) is 15.5. The summed E-state index contributed by atoms with van der Waals surface area (Å²) < 4.78 is 46.0. The maximum Gasteiger partial charge on any atom is 0.416 e. The topological polar surface area (TPSA) is 49.7 Å². The van der Waals surface area contributed by atoms with Crippen LogP contribution in [-0.2, 0) is 10.9 Å². The number of aromatic hydroxyl groups is 1. The molecule has 0 amide bonds. The summed E-state index contributed by atoms with van der Waals surface area (Å²) in [6, 6.07) is 11.0. The summed E-state index contributed by atoms with van der Waals surface area (Å²) in [5, 5.41) is 19.5. The van der Waals surface area contributed by atoms with Gasteiger partial charge in [-0.3, -0.25) is 0 Å². The number of hydrogen-bond donors (Lipinski definition) is 2. The number of ether oxygens (including phenoxy) is 1. The van der Waals surface area contributed by atoms with Crippen molar-refractivity contribution in [3.8, 4) is 5.75 Å². The van der Waals surface area contributed by atoms with Gasteiger partial charge in [-0.15, -0.1) is 0 Å². The number of fused-ring (bicyclic) bond motifs is 3. The quantitative estimate of drug-likeness (QED) is 0.744. The molecular weight excluding hydrogens is 369 g/mol.